The van der Waals surface area contributed by atoms with Gasteiger partial charge in [-0.15, -0.1) is 0 Å². The first kappa shape index (κ1) is 22.9. The molecule has 1 aromatic heterocycles. The molecule has 0 bridgehead atoms. The fraction of sp³-hybridized carbons (Fsp3) is 0.407. The number of carbonyl (C=O) groups is 3. The molecule has 2 saturated heterocycles. The van der Waals surface area contributed by atoms with Gasteiger partial charge in [-0.3, -0.25) is 29.7 Å². The van der Waals surface area contributed by atoms with Crippen LogP contribution in [0.3, 0.4) is 0 Å². The van der Waals surface area contributed by atoms with Crippen LogP contribution in [0.15, 0.2) is 34.9 Å². The SMILES string of the molecule is O=C1CCC(N2Cc3c(ccc4c3OCC43CCN(Cc4cc(Br)cc5[nH]ncc45)CC3)C2=O)C(=O)N1. The lowest BCUT2D eigenvalue weighted by Gasteiger charge is -2.38. The molecule has 3 amide bonds. The van der Waals surface area contributed by atoms with Gasteiger partial charge in [-0.1, -0.05) is 22.0 Å². The van der Waals surface area contributed by atoms with Gasteiger partial charge in [-0.2, -0.15) is 5.10 Å². The molecule has 2 fully saturated rings. The molecule has 0 aliphatic carbocycles. The van der Waals surface area contributed by atoms with Crippen LogP contribution >= 0.6 is 15.9 Å². The van der Waals surface area contributed by atoms with Gasteiger partial charge in [0.15, 0.2) is 0 Å². The van der Waals surface area contributed by atoms with Crippen molar-refractivity contribution >= 4 is 44.6 Å². The monoisotopic (exact) mass is 563 g/mol. The molecule has 1 spiro atoms. The Balaban J connectivity index is 1.10. The van der Waals surface area contributed by atoms with Gasteiger partial charge in [0.1, 0.15) is 11.8 Å². The predicted octanol–water partition coefficient (Wildman–Crippen LogP) is 3.01. The van der Waals surface area contributed by atoms with E-state index in [1.165, 1.54) is 11.1 Å². The minimum absolute atomic E-state index is 0.0613. The summed E-state index contributed by atoms with van der Waals surface area (Å²) < 4.78 is 7.35. The number of aromatic nitrogens is 2. The van der Waals surface area contributed by atoms with E-state index < -0.39 is 11.9 Å². The van der Waals surface area contributed by atoms with Crippen LogP contribution in [-0.4, -0.2) is 63.5 Å². The Labute approximate surface area is 221 Å². The third-order valence-electron chi connectivity index (χ3n) is 8.55. The summed E-state index contributed by atoms with van der Waals surface area (Å²) in [5, 5.41) is 10.8. The number of halogens is 1. The van der Waals surface area contributed by atoms with E-state index in [2.05, 4.69) is 48.5 Å². The summed E-state index contributed by atoms with van der Waals surface area (Å²) in [4.78, 5) is 41.3. The lowest BCUT2D eigenvalue weighted by molar-refractivity contribution is -0.136. The third kappa shape index (κ3) is 3.60. The number of ether oxygens (including phenoxy) is 1. The minimum atomic E-state index is -0.619. The van der Waals surface area contributed by atoms with Crippen LogP contribution in [0.2, 0.25) is 0 Å². The number of nitrogens with one attached hydrogen (secondary N) is 2. The predicted molar refractivity (Wildman–Crippen MR) is 138 cm³/mol. The lowest BCUT2D eigenvalue weighted by Crippen LogP contribution is -2.52. The molecule has 190 valence electrons. The second-order valence-corrected chi connectivity index (χ2v) is 11.5. The average molecular weight is 564 g/mol. The van der Waals surface area contributed by atoms with Gasteiger partial charge in [0, 0.05) is 44.9 Å². The van der Waals surface area contributed by atoms with Crippen LogP contribution in [0.5, 0.6) is 5.75 Å². The highest BCUT2D eigenvalue weighted by molar-refractivity contribution is 9.10. The van der Waals surface area contributed by atoms with Crippen molar-refractivity contribution < 1.29 is 19.1 Å². The molecular formula is C27H26BrN5O4. The zero-order valence-electron chi connectivity index (χ0n) is 20.2. The summed E-state index contributed by atoms with van der Waals surface area (Å²) in [7, 11) is 0. The minimum Gasteiger partial charge on any atom is -0.492 e. The van der Waals surface area contributed by atoms with E-state index in [0.29, 0.717) is 25.1 Å². The van der Waals surface area contributed by atoms with Gasteiger partial charge in [0.25, 0.3) is 5.91 Å². The van der Waals surface area contributed by atoms with Crippen molar-refractivity contribution in [1.82, 2.24) is 25.3 Å². The molecule has 9 nitrogen and oxygen atoms in total. The quantitative estimate of drug-likeness (QED) is 0.474. The Bertz CT molecular complexity index is 1470. The fourth-order valence-corrected chi connectivity index (χ4v) is 7.00. The maximum absolute atomic E-state index is 13.2. The number of fused-ring (bicyclic) bond motifs is 5. The van der Waals surface area contributed by atoms with Crippen molar-refractivity contribution in [2.45, 2.75) is 50.2 Å². The second-order valence-electron chi connectivity index (χ2n) is 10.6. The summed E-state index contributed by atoms with van der Waals surface area (Å²) >= 11 is 3.62. The fourth-order valence-electron chi connectivity index (χ4n) is 6.49. The van der Waals surface area contributed by atoms with Gasteiger partial charge in [-0.25, -0.2) is 0 Å². The third-order valence-corrected chi connectivity index (χ3v) is 9.00. The molecule has 0 radical (unpaired) electrons. The van der Waals surface area contributed by atoms with E-state index in [1.54, 1.807) is 4.90 Å². The highest BCUT2D eigenvalue weighted by atomic mass is 79.9. The first-order valence-corrected chi connectivity index (χ1v) is 13.5. The summed E-state index contributed by atoms with van der Waals surface area (Å²) in [6.45, 7) is 3.72. The molecule has 1 atom stereocenters. The Morgan fingerprint density at radius 3 is 2.81 bits per heavy atom. The highest BCUT2D eigenvalue weighted by Crippen LogP contribution is 2.49. The van der Waals surface area contributed by atoms with Crippen molar-refractivity contribution in [3.63, 3.8) is 0 Å². The van der Waals surface area contributed by atoms with Crippen LogP contribution in [0.4, 0.5) is 0 Å². The molecule has 2 N–H and O–H groups in total. The van der Waals surface area contributed by atoms with Crippen LogP contribution in [0, 0.1) is 0 Å². The summed E-state index contributed by atoms with van der Waals surface area (Å²) in [6, 6.07) is 7.57. The highest BCUT2D eigenvalue weighted by Gasteiger charge is 2.47. The molecule has 4 aliphatic rings. The molecule has 7 rings (SSSR count). The van der Waals surface area contributed by atoms with Gasteiger partial charge >= 0.3 is 0 Å². The Kier molecular flexibility index (Phi) is 5.20. The number of nitrogens with zero attached hydrogens (tertiary/aromatic N) is 3. The number of amides is 3. The summed E-state index contributed by atoms with van der Waals surface area (Å²) in [5.74, 6) is -0.0126. The lowest BCUT2D eigenvalue weighted by atomic mass is 9.74. The van der Waals surface area contributed by atoms with Crippen LogP contribution in [0.1, 0.15) is 52.7 Å². The normalized spacial score (nSPS) is 22.9. The number of hydrogen-bond donors (Lipinski definition) is 2. The number of benzene rings is 2. The average Bonchev–Trinajstić information content (AvgIpc) is 3.58. The number of aromatic amines is 1. The van der Waals surface area contributed by atoms with E-state index in [0.717, 1.165) is 59.2 Å². The smallest absolute Gasteiger partial charge is 0.255 e. The number of likely N-dealkylation sites (tertiary alicyclic amines) is 1. The summed E-state index contributed by atoms with van der Waals surface area (Å²) in [5.41, 5.74) is 4.89. The van der Waals surface area contributed by atoms with Crippen molar-refractivity contribution in [3.8, 4) is 5.75 Å². The number of imide groups is 1. The standard InChI is InChI=1S/C27H26BrN5O4/c28-16-9-15(18-11-29-31-21(18)10-16)12-32-7-5-27(6-8-32)14-37-24-19-13-33(22-3-4-23(34)30-25(22)35)26(36)17(19)1-2-20(24)27/h1-2,9-11,22H,3-8,12-14H2,(H,29,31)(H,30,34,35). The number of rotatable bonds is 3. The van der Waals surface area contributed by atoms with Crippen LogP contribution < -0.4 is 10.1 Å². The van der Waals surface area contributed by atoms with Crippen LogP contribution in [-0.2, 0) is 28.1 Å². The molecular weight excluding hydrogens is 538 g/mol. The van der Waals surface area contributed by atoms with E-state index in [1.807, 2.05) is 18.3 Å². The molecule has 4 aliphatic heterocycles. The van der Waals surface area contributed by atoms with Gasteiger partial charge in [-0.05, 0) is 56.1 Å². The molecule has 10 heteroatoms. The molecule has 3 aromatic rings. The van der Waals surface area contributed by atoms with Crippen LogP contribution in [0.25, 0.3) is 10.9 Å². The Morgan fingerprint density at radius 2 is 2.00 bits per heavy atom. The first-order valence-electron chi connectivity index (χ1n) is 12.7. The van der Waals surface area contributed by atoms with E-state index in [4.69, 9.17) is 4.74 Å². The Morgan fingerprint density at radius 1 is 1.16 bits per heavy atom. The Hall–Kier alpha value is -3.24. The largest absolute Gasteiger partial charge is 0.492 e. The molecule has 5 heterocycles. The van der Waals surface area contributed by atoms with Gasteiger partial charge in [0.05, 0.1) is 24.9 Å². The molecule has 37 heavy (non-hydrogen) atoms. The first-order chi connectivity index (χ1) is 17.9. The van der Waals surface area contributed by atoms with Crippen molar-refractivity contribution in [2.24, 2.45) is 0 Å². The molecule has 1 unspecified atom stereocenters. The number of carbonyl (C=O) groups excluding carboxylic acids is 3. The van der Waals surface area contributed by atoms with Gasteiger partial charge in [0.2, 0.25) is 11.8 Å². The summed E-state index contributed by atoms with van der Waals surface area (Å²) in [6.07, 6.45) is 4.45. The van der Waals surface area contributed by atoms with Gasteiger partial charge < -0.3 is 9.64 Å². The van der Waals surface area contributed by atoms with E-state index in [9.17, 15) is 14.4 Å². The van der Waals surface area contributed by atoms with Crippen molar-refractivity contribution in [3.05, 3.63) is 57.2 Å². The number of H-pyrrole nitrogens is 1. The second kappa shape index (κ2) is 8.39. The zero-order chi connectivity index (χ0) is 25.3. The van der Waals surface area contributed by atoms with Crippen molar-refractivity contribution in [1.29, 1.82) is 0 Å². The molecule has 0 saturated carbocycles. The maximum atomic E-state index is 13.2. The number of hydrogen-bond acceptors (Lipinski definition) is 6. The topological polar surface area (TPSA) is 108 Å². The maximum Gasteiger partial charge on any atom is 0.255 e. The van der Waals surface area contributed by atoms with E-state index >= 15 is 0 Å². The number of piperidine rings is 2. The molecule has 2 aromatic carbocycles. The van der Waals surface area contributed by atoms with Crippen molar-refractivity contribution in [2.75, 3.05) is 19.7 Å². The van der Waals surface area contributed by atoms with E-state index in [-0.39, 0.29) is 23.7 Å². The zero-order valence-corrected chi connectivity index (χ0v) is 21.8.